The van der Waals surface area contributed by atoms with Crippen molar-refractivity contribution in [2.24, 2.45) is 11.8 Å². The molecule has 1 unspecified atom stereocenters. The number of carbonyl (C=O) groups is 1. The summed E-state index contributed by atoms with van der Waals surface area (Å²) in [4.78, 5) is 11.0. The Morgan fingerprint density at radius 1 is 1.47 bits per heavy atom. The Bertz CT molecular complexity index is 238. The van der Waals surface area contributed by atoms with Gasteiger partial charge in [-0.15, -0.1) is 5.26 Å². The third-order valence-electron chi connectivity index (χ3n) is 3.42. The fraction of sp³-hybridized carbons (Fsp3) is 0.833. The molecule has 0 amide bonds. The van der Waals surface area contributed by atoms with Gasteiger partial charge in [0, 0.05) is 6.42 Å². The van der Waals surface area contributed by atoms with Crippen LogP contribution in [-0.2, 0) is 9.53 Å². The van der Waals surface area contributed by atoms with Gasteiger partial charge in [-0.25, -0.2) is 0 Å². The predicted molar refractivity (Wildman–Crippen MR) is 56.7 cm³/mol. The standard InChI is InChI=1S/C12H19NO2/c1-10(7-8-12(14)15-9-13)11-5-3-2-4-6-11/h10-11H,2-8H2,1H3. The van der Waals surface area contributed by atoms with Crippen LogP contribution in [0, 0.1) is 23.4 Å². The summed E-state index contributed by atoms with van der Waals surface area (Å²) in [6.07, 6.45) is 9.28. The molecule has 1 aliphatic carbocycles. The van der Waals surface area contributed by atoms with Gasteiger partial charge in [0.15, 0.2) is 0 Å². The molecule has 0 saturated heterocycles. The minimum Gasteiger partial charge on any atom is -0.351 e. The predicted octanol–water partition coefficient (Wildman–Crippen LogP) is 3.01. The van der Waals surface area contributed by atoms with Gasteiger partial charge in [-0.05, 0) is 18.3 Å². The molecule has 84 valence electrons. The third kappa shape index (κ3) is 4.33. The molecule has 0 aromatic carbocycles. The van der Waals surface area contributed by atoms with Crippen LogP contribution < -0.4 is 0 Å². The highest BCUT2D eigenvalue weighted by molar-refractivity contribution is 5.70. The zero-order chi connectivity index (χ0) is 11.1. The van der Waals surface area contributed by atoms with Crippen molar-refractivity contribution in [3.05, 3.63) is 0 Å². The van der Waals surface area contributed by atoms with Gasteiger partial charge >= 0.3 is 5.97 Å². The summed E-state index contributed by atoms with van der Waals surface area (Å²) in [5.41, 5.74) is 0. The summed E-state index contributed by atoms with van der Waals surface area (Å²) in [5.74, 6) is 0.963. The quantitative estimate of drug-likeness (QED) is 0.528. The van der Waals surface area contributed by atoms with Crippen molar-refractivity contribution in [2.45, 2.75) is 51.9 Å². The van der Waals surface area contributed by atoms with Crippen molar-refractivity contribution >= 4 is 5.97 Å². The van der Waals surface area contributed by atoms with E-state index in [1.54, 1.807) is 0 Å². The Kier molecular flexibility index (Phi) is 5.17. The van der Waals surface area contributed by atoms with E-state index in [4.69, 9.17) is 5.26 Å². The van der Waals surface area contributed by atoms with Gasteiger partial charge in [-0.1, -0.05) is 39.0 Å². The van der Waals surface area contributed by atoms with Crippen LogP contribution >= 0.6 is 0 Å². The normalized spacial score (nSPS) is 19.2. The zero-order valence-corrected chi connectivity index (χ0v) is 9.37. The lowest BCUT2D eigenvalue weighted by Crippen LogP contribution is -2.16. The maximum atomic E-state index is 11.0. The number of nitriles is 1. The van der Waals surface area contributed by atoms with E-state index in [2.05, 4.69) is 11.7 Å². The van der Waals surface area contributed by atoms with Crippen molar-refractivity contribution in [1.82, 2.24) is 0 Å². The number of hydrogen-bond donors (Lipinski definition) is 0. The minimum absolute atomic E-state index is 0.380. The highest BCUT2D eigenvalue weighted by atomic mass is 16.5. The van der Waals surface area contributed by atoms with Gasteiger partial charge in [-0.3, -0.25) is 4.79 Å². The Labute approximate surface area is 91.4 Å². The summed E-state index contributed by atoms with van der Waals surface area (Å²) < 4.78 is 4.25. The fourth-order valence-corrected chi connectivity index (χ4v) is 2.39. The molecule has 0 aliphatic heterocycles. The molecule has 1 saturated carbocycles. The minimum atomic E-state index is -0.389. The molecule has 0 spiro atoms. The van der Waals surface area contributed by atoms with E-state index in [0.717, 1.165) is 12.3 Å². The summed E-state index contributed by atoms with van der Waals surface area (Å²) in [5, 5.41) is 8.16. The van der Waals surface area contributed by atoms with Crippen LogP contribution in [0.25, 0.3) is 0 Å². The van der Waals surface area contributed by atoms with Crippen molar-refractivity contribution < 1.29 is 9.53 Å². The second-order valence-electron chi connectivity index (χ2n) is 4.48. The number of ether oxygens (including phenoxy) is 1. The largest absolute Gasteiger partial charge is 0.351 e. The topological polar surface area (TPSA) is 50.1 Å². The maximum absolute atomic E-state index is 11.0. The first-order chi connectivity index (χ1) is 7.24. The summed E-state index contributed by atoms with van der Waals surface area (Å²) in [6.45, 7) is 2.20. The van der Waals surface area contributed by atoms with E-state index in [1.165, 1.54) is 38.4 Å². The molecule has 0 aromatic heterocycles. The molecule has 0 N–H and O–H groups in total. The molecular weight excluding hydrogens is 190 g/mol. The highest BCUT2D eigenvalue weighted by Crippen LogP contribution is 2.31. The Morgan fingerprint density at radius 2 is 2.13 bits per heavy atom. The number of hydrogen-bond acceptors (Lipinski definition) is 3. The number of carbonyl (C=O) groups excluding carboxylic acids is 1. The average molecular weight is 209 g/mol. The van der Waals surface area contributed by atoms with Crippen LogP contribution in [0.3, 0.4) is 0 Å². The van der Waals surface area contributed by atoms with Gasteiger partial charge in [0.25, 0.3) is 6.26 Å². The van der Waals surface area contributed by atoms with E-state index in [0.29, 0.717) is 12.3 Å². The van der Waals surface area contributed by atoms with E-state index < -0.39 is 0 Å². The molecule has 1 rings (SSSR count). The highest BCUT2D eigenvalue weighted by Gasteiger charge is 2.20. The van der Waals surface area contributed by atoms with Crippen LogP contribution in [0.2, 0.25) is 0 Å². The lowest BCUT2D eigenvalue weighted by molar-refractivity contribution is -0.137. The second kappa shape index (κ2) is 6.44. The molecule has 1 atom stereocenters. The van der Waals surface area contributed by atoms with Crippen molar-refractivity contribution in [3.8, 4) is 6.26 Å². The second-order valence-corrected chi connectivity index (χ2v) is 4.48. The van der Waals surface area contributed by atoms with Crippen LogP contribution in [-0.4, -0.2) is 5.97 Å². The monoisotopic (exact) mass is 209 g/mol. The Balaban J connectivity index is 2.20. The van der Waals surface area contributed by atoms with E-state index in [1.807, 2.05) is 0 Å². The lowest BCUT2D eigenvalue weighted by atomic mass is 9.79. The maximum Gasteiger partial charge on any atom is 0.321 e. The van der Waals surface area contributed by atoms with E-state index in [-0.39, 0.29) is 5.97 Å². The molecule has 1 fully saturated rings. The van der Waals surface area contributed by atoms with E-state index in [9.17, 15) is 4.79 Å². The summed E-state index contributed by atoms with van der Waals surface area (Å²) >= 11 is 0. The van der Waals surface area contributed by atoms with Gasteiger partial charge < -0.3 is 4.74 Å². The molecule has 3 nitrogen and oxygen atoms in total. The molecule has 3 heteroatoms. The number of esters is 1. The van der Waals surface area contributed by atoms with Crippen molar-refractivity contribution in [3.63, 3.8) is 0 Å². The summed E-state index contributed by atoms with van der Waals surface area (Å²) in [7, 11) is 0. The number of rotatable bonds is 4. The molecule has 15 heavy (non-hydrogen) atoms. The molecule has 0 bridgehead atoms. The van der Waals surface area contributed by atoms with Gasteiger partial charge in [-0.2, -0.15) is 0 Å². The average Bonchev–Trinajstić information content (AvgIpc) is 2.27. The SMILES string of the molecule is CC(CCC(=O)OC#N)C1CCCCC1. The van der Waals surface area contributed by atoms with Gasteiger partial charge in [0.1, 0.15) is 0 Å². The molecule has 0 radical (unpaired) electrons. The molecule has 0 heterocycles. The zero-order valence-electron chi connectivity index (χ0n) is 9.37. The Hall–Kier alpha value is -1.04. The first kappa shape index (κ1) is 12.0. The smallest absolute Gasteiger partial charge is 0.321 e. The third-order valence-corrected chi connectivity index (χ3v) is 3.42. The first-order valence-electron chi connectivity index (χ1n) is 5.82. The van der Waals surface area contributed by atoms with Crippen LogP contribution in [0.1, 0.15) is 51.9 Å². The van der Waals surface area contributed by atoms with Crippen LogP contribution in [0.5, 0.6) is 0 Å². The lowest BCUT2D eigenvalue weighted by Gasteiger charge is -2.27. The Morgan fingerprint density at radius 3 is 2.73 bits per heavy atom. The number of nitrogens with zero attached hydrogens (tertiary/aromatic N) is 1. The molecule has 1 aliphatic rings. The van der Waals surface area contributed by atoms with E-state index >= 15 is 0 Å². The van der Waals surface area contributed by atoms with Crippen molar-refractivity contribution in [2.75, 3.05) is 0 Å². The fourth-order valence-electron chi connectivity index (χ4n) is 2.39. The first-order valence-corrected chi connectivity index (χ1v) is 5.82. The molecular formula is C12H19NO2. The molecule has 0 aromatic rings. The van der Waals surface area contributed by atoms with Gasteiger partial charge in [0.2, 0.25) is 0 Å². The van der Waals surface area contributed by atoms with Crippen LogP contribution in [0.4, 0.5) is 0 Å². The summed E-state index contributed by atoms with van der Waals surface area (Å²) in [6, 6.07) is 0. The van der Waals surface area contributed by atoms with Crippen LogP contribution in [0.15, 0.2) is 0 Å². The van der Waals surface area contributed by atoms with Gasteiger partial charge in [0.05, 0.1) is 0 Å². The van der Waals surface area contributed by atoms with Crippen molar-refractivity contribution in [1.29, 1.82) is 5.26 Å².